The molecule has 3 atom stereocenters. The van der Waals surface area contributed by atoms with Crippen molar-refractivity contribution in [2.24, 2.45) is 17.8 Å². The first-order valence-corrected chi connectivity index (χ1v) is 6.85. The minimum absolute atomic E-state index is 0.0302. The Kier molecular flexibility index (Phi) is 6.31. The van der Waals surface area contributed by atoms with Gasteiger partial charge in [0.05, 0.1) is 0 Å². The molecule has 1 aliphatic rings. The van der Waals surface area contributed by atoms with Gasteiger partial charge in [0.2, 0.25) is 12.0 Å². The van der Waals surface area contributed by atoms with Crippen LogP contribution in [0.25, 0.3) is 0 Å². The second-order valence-electron chi connectivity index (χ2n) is 5.13. The van der Waals surface area contributed by atoms with Crippen molar-refractivity contribution in [2.75, 3.05) is 13.2 Å². The SMILES string of the molecule is CCO[C@H]1OC(C(=O)O)=C[C@@H](C(C)C)[C@@H]1CCCO. The Morgan fingerprint density at radius 1 is 1.53 bits per heavy atom. The summed E-state index contributed by atoms with van der Waals surface area (Å²) in [4.78, 5) is 11.1. The average molecular weight is 272 g/mol. The molecule has 0 saturated heterocycles. The summed E-state index contributed by atoms with van der Waals surface area (Å²) in [5, 5.41) is 18.1. The maximum absolute atomic E-state index is 11.1. The van der Waals surface area contributed by atoms with Gasteiger partial charge in [0, 0.05) is 19.1 Å². The van der Waals surface area contributed by atoms with Gasteiger partial charge in [-0.1, -0.05) is 13.8 Å². The highest BCUT2D eigenvalue weighted by Gasteiger charge is 2.38. The quantitative estimate of drug-likeness (QED) is 0.741. The fourth-order valence-corrected chi connectivity index (χ4v) is 2.52. The van der Waals surface area contributed by atoms with Crippen LogP contribution in [0.4, 0.5) is 0 Å². The highest BCUT2D eigenvalue weighted by molar-refractivity contribution is 5.84. The van der Waals surface area contributed by atoms with Crippen LogP contribution in [0.2, 0.25) is 0 Å². The molecule has 0 bridgehead atoms. The Morgan fingerprint density at radius 3 is 2.68 bits per heavy atom. The van der Waals surface area contributed by atoms with Gasteiger partial charge < -0.3 is 19.7 Å². The minimum Gasteiger partial charge on any atom is -0.475 e. The van der Waals surface area contributed by atoms with E-state index >= 15 is 0 Å². The van der Waals surface area contributed by atoms with Gasteiger partial charge in [-0.15, -0.1) is 0 Å². The standard InChI is InChI=1S/C14H24O5/c1-4-18-14-10(6-5-7-15)11(9(2)3)8-12(19-14)13(16)17/h8-11,14-15H,4-7H2,1-3H3,(H,16,17)/t10-,11-,14-/m0/s1. The highest BCUT2D eigenvalue weighted by Crippen LogP contribution is 2.36. The molecule has 0 saturated carbocycles. The zero-order valence-electron chi connectivity index (χ0n) is 11.8. The van der Waals surface area contributed by atoms with E-state index in [1.54, 1.807) is 6.08 Å². The molecule has 1 rings (SSSR count). The van der Waals surface area contributed by atoms with Crippen molar-refractivity contribution < 1.29 is 24.5 Å². The van der Waals surface area contributed by atoms with E-state index in [-0.39, 0.29) is 24.2 Å². The zero-order valence-corrected chi connectivity index (χ0v) is 11.8. The summed E-state index contributed by atoms with van der Waals surface area (Å²) in [5.41, 5.74) is 0. The van der Waals surface area contributed by atoms with Crippen LogP contribution in [0.3, 0.4) is 0 Å². The first kappa shape index (κ1) is 16.0. The predicted octanol–water partition coefficient (Wildman–Crippen LogP) is 2.01. The summed E-state index contributed by atoms with van der Waals surface area (Å²) in [7, 11) is 0. The second kappa shape index (κ2) is 7.50. The third-order valence-corrected chi connectivity index (χ3v) is 3.44. The first-order valence-electron chi connectivity index (χ1n) is 6.85. The molecule has 0 aliphatic carbocycles. The van der Waals surface area contributed by atoms with Gasteiger partial charge in [-0.25, -0.2) is 4.79 Å². The molecule has 1 heterocycles. The van der Waals surface area contributed by atoms with Crippen molar-refractivity contribution in [3.8, 4) is 0 Å². The molecule has 0 aromatic heterocycles. The van der Waals surface area contributed by atoms with E-state index in [0.717, 1.165) is 6.42 Å². The molecule has 0 spiro atoms. The topological polar surface area (TPSA) is 76.0 Å². The normalized spacial score (nSPS) is 27.0. The fraction of sp³-hybridized carbons (Fsp3) is 0.786. The van der Waals surface area contributed by atoms with Gasteiger partial charge in [-0.2, -0.15) is 0 Å². The van der Waals surface area contributed by atoms with Gasteiger partial charge in [0.25, 0.3) is 0 Å². The Bertz CT molecular complexity index is 324. The molecule has 2 N–H and O–H groups in total. The number of aliphatic hydroxyl groups is 1. The monoisotopic (exact) mass is 272 g/mol. The van der Waals surface area contributed by atoms with Gasteiger partial charge in [-0.3, -0.25) is 0 Å². The number of aliphatic hydroxyl groups excluding tert-OH is 1. The summed E-state index contributed by atoms with van der Waals surface area (Å²) < 4.78 is 11.0. The summed E-state index contributed by atoms with van der Waals surface area (Å²) in [6.45, 7) is 6.56. The van der Waals surface area contributed by atoms with Gasteiger partial charge in [-0.05, 0) is 37.7 Å². The van der Waals surface area contributed by atoms with Crippen LogP contribution in [-0.4, -0.2) is 35.7 Å². The number of allylic oxidation sites excluding steroid dienone is 1. The molecule has 0 fully saturated rings. The van der Waals surface area contributed by atoms with E-state index in [9.17, 15) is 4.79 Å². The first-order chi connectivity index (χ1) is 9.01. The summed E-state index contributed by atoms with van der Waals surface area (Å²) >= 11 is 0. The Hall–Kier alpha value is -1.07. The van der Waals surface area contributed by atoms with Crippen LogP contribution in [0, 0.1) is 17.8 Å². The van der Waals surface area contributed by atoms with E-state index in [4.69, 9.17) is 19.7 Å². The Balaban J connectivity index is 2.95. The molecule has 5 nitrogen and oxygen atoms in total. The molecule has 0 radical (unpaired) electrons. The lowest BCUT2D eigenvalue weighted by atomic mass is 9.78. The summed E-state index contributed by atoms with van der Waals surface area (Å²) in [5.74, 6) is -0.628. The van der Waals surface area contributed by atoms with Gasteiger partial charge in [0.15, 0.2) is 0 Å². The molecular formula is C14H24O5. The lowest BCUT2D eigenvalue weighted by molar-refractivity contribution is -0.180. The smallest absolute Gasteiger partial charge is 0.370 e. The van der Waals surface area contributed by atoms with Crippen LogP contribution < -0.4 is 0 Å². The van der Waals surface area contributed by atoms with Crippen molar-refractivity contribution in [3.05, 3.63) is 11.8 Å². The number of aliphatic carboxylic acids is 1. The van der Waals surface area contributed by atoms with Crippen LogP contribution in [-0.2, 0) is 14.3 Å². The van der Waals surface area contributed by atoms with E-state index in [1.165, 1.54) is 0 Å². The lowest BCUT2D eigenvalue weighted by Crippen LogP contribution is -2.39. The molecule has 110 valence electrons. The van der Waals surface area contributed by atoms with E-state index in [0.29, 0.717) is 18.9 Å². The van der Waals surface area contributed by atoms with E-state index in [2.05, 4.69) is 13.8 Å². The van der Waals surface area contributed by atoms with Gasteiger partial charge in [0.1, 0.15) is 0 Å². The maximum atomic E-state index is 11.1. The summed E-state index contributed by atoms with van der Waals surface area (Å²) in [6, 6.07) is 0. The number of ether oxygens (including phenoxy) is 2. The van der Waals surface area contributed by atoms with Crippen molar-refractivity contribution in [1.82, 2.24) is 0 Å². The molecule has 0 amide bonds. The van der Waals surface area contributed by atoms with Crippen LogP contribution in [0.1, 0.15) is 33.6 Å². The van der Waals surface area contributed by atoms with Crippen molar-refractivity contribution in [3.63, 3.8) is 0 Å². The minimum atomic E-state index is -1.06. The Morgan fingerprint density at radius 2 is 2.21 bits per heavy atom. The number of rotatable bonds is 7. The second-order valence-corrected chi connectivity index (χ2v) is 5.13. The number of carbonyl (C=O) groups is 1. The predicted molar refractivity (Wildman–Crippen MR) is 70.4 cm³/mol. The molecule has 0 aromatic rings. The van der Waals surface area contributed by atoms with E-state index < -0.39 is 12.3 Å². The molecular weight excluding hydrogens is 248 g/mol. The maximum Gasteiger partial charge on any atom is 0.370 e. The van der Waals surface area contributed by atoms with Crippen LogP contribution in [0.5, 0.6) is 0 Å². The van der Waals surface area contributed by atoms with E-state index in [1.807, 2.05) is 6.92 Å². The third-order valence-electron chi connectivity index (χ3n) is 3.44. The number of hydrogen-bond acceptors (Lipinski definition) is 4. The Labute approximate surface area is 114 Å². The molecule has 1 aliphatic heterocycles. The largest absolute Gasteiger partial charge is 0.475 e. The summed E-state index contributed by atoms with van der Waals surface area (Å²) in [6.07, 6.45) is 2.56. The van der Waals surface area contributed by atoms with Gasteiger partial charge >= 0.3 is 5.97 Å². The molecule has 0 aromatic carbocycles. The van der Waals surface area contributed by atoms with Crippen molar-refractivity contribution >= 4 is 5.97 Å². The van der Waals surface area contributed by atoms with Crippen molar-refractivity contribution in [2.45, 2.75) is 39.9 Å². The average Bonchev–Trinajstić information content (AvgIpc) is 2.36. The number of carboxylic acid groups (broad SMARTS) is 1. The van der Waals surface area contributed by atoms with Crippen molar-refractivity contribution in [1.29, 1.82) is 0 Å². The van der Waals surface area contributed by atoms with Crippen LogP contribution >= 0.6 is 0 Å². The molecule has 19 heavy (non-hydrogen) atoms. The number of hydrogen-bond donors (Lipinski definition) is 2. The van der Waals surface area contributed by atoms with Crippen LogP contribution in [0.15, 0.2) is 11.8 Å². The highest BCUT2D eigenvalue weighted by atomic mass is 16.7. The fourth-order valence-electron chi connectivity index (χ4n) is 2.52. The lowest BCUT2D eigenvalue weighted by Gasteiger charge is -2.38. The third kappa shape index (κ3) is 4.21. The number of carboxylic acids is 1. The molecule has 5 heteroatoms. The molecule has 0 unspecified atom stereocenters. The zero-order chi connectivity index (χ0) is 14.4.